The molecule has 0 spiro atoms. The zero-order chi connectivity index (χ0) is 46.2. The van der Waals surface area contributed by atoms with E-state index in [9.17, 15) is 0 Å². The van der Waals surface area contributed by atoms with Crippen LogP contribution in [-0.4, -0.2) is 21.8 Å². The fraction of sp³-hybridized carbons (Fsp3) is 0. The minimum absolute atomic E-state index is 1.12. The normalized spacial score (nSPS) is 12.0. The molecule has 14 rings (SSSR count). The summed E-state index contributed by atoms with van der Waals surface area (Å²) in [4.78, 5) is 0. The highest BCUT2D eigenvalue weighted by Gasteiger charge is 2.41. The Bertz CT molecular complexity index is 4130. The lowest BCUT2D eigenvalue weighted by Crippen LogP contribution is -2.74. The first-order valence-electron chi connectivity index (χ1n) is 24.2. The minimum Gasteiger partial charge on any atom is -0.309 e. The molecule has 328 valence electrons. The first kappa shape index (κ1) is 40.1. The van der Waals surface area contributed by atoms with Gasteiger partial charge >= 0.3 is 0 Å². The lowest BCUT2D eigenvalue weighted by atomic mass is 10.0. The van der Waals surface area contributed by atoms with Gasteiger partial charge in [-0.2, -0.15) is 0 Å². The average Bonchev–Trinajstić information content (AvgIpc) is 4.08. The summed E-state index contributed by atoms with van der Waals surface area (Å²) < 4.78 is 7.53. The molecule has 0 fully saturated rings. The number of para-hydroxylation sites is 5. The number of fused-ring (bicyclic) bond motifs is 9. The summed E-state index contributed by atoms with van der Waals surface area (Å²) in [6.07, 6.45) is 0. The van der Waals surface area contributed by atoms with Crippen molar-refractivity contribution in [2.24, 2.45) is 0 Å². The van der Waals surface area contributed by atoms with Crippen LogP contribution >= 0.6 is 0 Å². The number of nitrogens with zero attached hydrogens (tertiary/aromatic N) is 3. The van der Waals surface area contributed by atoms with Crippen LogP contribution in [0.4, 0.5) is 0 Å². The average molecular weight is 908 g/mol. The van der Waals surface area contributed by atoms with Crippen molar-refractivity contribution in [3.63, 3.8) is 0 Å². The van der Waals surface area contributed by atoms with Gasteiger partial charge in [-0.25, -0.2) is 0 Å². The number of hydrogen-bond acceptors (Lipinski definition) is 0. The van der Waals surface area contributed by atoms with E-state index in [1.54, 1.807) is 0 Å². The van der Waals surface area contributed by atoms with E-state index in [1.165, 1.54) is 86.3 Å². The molecule has 11 aromatic carbocycles. The topological polar surface area (TPSA) is 14.8 Å². The SMILES string of the molecule is c1ccc(-c2ccccc2-n2c3ccccc3c3cccc(-n4c5ccc([Si](c6ccccc6)(c6ccccc6)c6ccccc6)cc5c5ccc(-n6c7ccccc7c7ccccc76)cc54)c32)cc1. The van der Waals surface area contributed by atoms with Crippen LogP contribution in [-0.2, 0) is 0 Å². The summed E-state index contributed by atoms with van der Waals surface area (Å²) in [5.41, 5.74) is 12.8. The number of hydrogen-bond donors (Lipinski definition) is 0. The Hall–Kier alpha value is -8.96. The standard InChI is InChI=1S/C66H45N3Si/c1-5-22-46(23-6-1)52-30-13-17-35-59(52)69-62-38-20-16-33-55(62)57-34-21-39-64(66(57)69)68-63-43-41-51(70(48-24-7-2-8-25-48,49-26-9-3-10-27-49)50-28-11-4-12-29-50)45-58(63)56-42-40-47(44-65(56)68)67-60-36-18-14-31-53(60)54-32-15-19-37-61(54)67/h1-45H. The van der Waals surface area contributed by atoms with Gasteiger partial charge in [-0.3, -0.25) is 0 Å². The van der Waals surface area contributed by atoms with Crippen LogP contribution in [0.2, 0.25) is 0 Å². The Morgan fingerprint density at radius 2 is 0.700 bits per heavy atom. The Morgan fingerprint density at radius 1 is 0.243 bits per heavy atom. The number of rotatable bonds is 8. The maximum Gasteiger partial charge on any atom is 0.179 e. The van der Waals surface area contributed by atoms with Crippen molar-refractivity contribution in [2.45, 2.75) is 0 Å². The van der Waals surface area contributed by atoms with E-state index in [1.807, 2.05) is 0 Å². The summed E-state index contributed by atoms with van der Waals surface area (Å²) in [5, 5.41) is 12.8. The zero-order valence-electron chi connectivity index (χ0n) is 38.3. The second-order valence-corrected chi connectivity index (χ2v) is 22.2. The van der Waals surface area contributed by atoms with Crippen LogP contribution < -0.4 is 20.7 Å². The molecule has 0 aliphatic heterocycles. The van der Waals surface area contributed by atoms with Crippen molar-refractivity contribution >= 4 is 94.2 Å². The third kappa shape index (κ3) is 5.94. The summed E-state index contributed by atoms with van der Waals surface area (Å²) in [6, 6.07) is 101. The molecule has 3 heterocycles. The monoisotopic (exact) mass is 907 g/mol. The van der Waals surface area contributed by atoms with E-state index >= 15 is 0 Å². The predicted octanol–water partition coefficient (Wildman–Crippen LogP) is 14.0. The van der Waals surface area contributed by atoms with Gasteiger partial charge in [0.15, 0.2) is 8.07 Å². The molecule has 0 saturated carbocycles. The quantitative estimate of drug-likeness (QED) is 0.107. The van der Waals surface area contributed by atoms with Crippen LogP contribution in [0, 0.1) is 0 Å². The van der Waals surface area contributed by atoms with Crippen molar-refractivity contribution in [2.75, 3.05) is 0 Å². The number of aromatic nitrogens is 3. The number of benzene rings is 11. The molecule has 3 nitrogen and oxygen atoms in total. The molecule has 0 radical (unpaired) electrons. The molecule has 3 aromatic heterocycles. The van der Waals surface area contributed by atoms with Crippen LogP contribution in [0.5, 0.6) is 0 Å². The molecular weight excluding hydrogens is 863 g/mol. The van der Waals surface area contributed by atoms with Crippen LogP contribution in [0.15, 0.2) is 273 Å². The molecule has 14 aromatic rings. The van der Waals surface area contributed by atoms with Crippen molar-refractivity contribution in [3.05, 3.63) is 273 Å². The maximum absolute atomic E-state index is 2.87. The largest absolute Gasteiger partial charge is 0.309 e. The molecule has 4 heteroatoms. The van der Waals surface area contributed by atoms with Gasteiger partial charge in [-0.15, -0.1) is 0 Å². The Kier molecular flexibility index (Phi) is 9.23. The van der Waals surface area contributed by atoms with E-state index in [0.717, 1.165) is 28.1 Å². The molecule has 0 N–H and O–H groups in total. The lowest BCUT2D eigenvalue weighted by molar-refractivity contribution is 1.13. The molecule has 0 atom stereocenters. The van der Waals surface area contributed by atoms with E-state index in [4.69, 9.17) is 0 Å². The van der Waals surface area contributed by atoms with Gasteiger partial charge in [-0.1, -0.05) is 224 Å². The lowest BCUT2D eigenvalue weighted by Gasteiger charge is -2.34. The molecule has 0 amide bonds. The smallest absolute Gasteiger partial charge is 0.179 e. The van der Waals surface area contributed by atoms with Gasteiger partial charge < -0.3 is 13.7 Å². The van der Waals surface area contributed by atoms with Crippen LogP contribution in [0.25, 0.3) is 93.6 Å². The third-order valence-electron chi connectivity index (χ3n) is 14.8. The summed E-state index contributed by atoms with van der Waals surface area (Å²) >= 11 is 0. The molecule has 0 unspecified atom stereocenters. The van der Waals surface area contributed by atoms with Gasteiger partial charge in [0.25, 0.3) is 0 Å². The van der Waals surface area contributed by atoms with Gasteiger partial charge in [0, 0.05) is 43.6 Å². The van der Waals surface area contributed by atoms with E-state index in [2.05, 4.69) is 287 Å². The fourth-order valence-corrected chi connectivity index (χ4v) is 16.6. The first-order chi connectivity index (χ1) is 34.8. The maximum atomic E-state index is 2.56. The highest BCUT2D eigenvalue weighted by molar-refractivity contribution is 7.20. The summed E-state index contributed by atoms with van der Waals surface area (Å²) in [5.74, 6) is 0. The predicted molar refractivity (Wildman–Crippen MR) is 299 cm³/mol. The molecule has 0 bridgehead atoms. The van der Waals surface area contributed by atoms with E-state index in [-0.39, 0.29) is 0 Å². The minimum atomic E-state index is -2.87. The fourth-order valence-electron chi connectivity index (χ4n) is 11.9. The van der Waals surface area contributed by atoms with Gasteiger partial charge in [0.05, 0.1) is 44.5 Å². The highest BCUT2D eigenvalue weighted by atomic mass is 28.3. The highest BCUT2D eigenvalue weighted by Crippen LogP contribution is 2.42. The zero-order valence-corrected chi connectivity index (χ0v) is 39.3. The van der Waals surface area contributed by atoms with Gasteiger partial charge in [-0.05, 0) is 74.8 Å². The molecule has 70 heavy (non-hydrogen) atoms. The van der Waals surface area contributed by atoms with Crippen molar-refractivity contribution in [1.29, 1.82) is 0 Å². The van der Waals surface area contributed by atoms with Gasteiger partial charge in [0.2, 0.25) is 0 Å². The first-order valence-corrected chi connectivity index (χ1v) is 26.2. The van der Waals surface area contributed by atoms with Crippen molar-refractivity contribution in [3.8, 4) is 28.2 Å². The van der Waals surface area contributed by atoms with Crippen molar-refractivity contribution in [1.82, 2.24) is 13.7 Å². The van der Waals surface area contributed by atoms with Crippen LogP contribution in [0.3, 0.4) is 0 Å². The van der Waals surface area contributed by atoms with Crippen molar-refractivity contribution < 1.29 is 0 Å². The Morgan fingerprint density at radius 3 is 1.31 bits per heavy atom. The Balaban J connectivity index is 1.13. The van der Waals surface area contributed by atoms with E-state index in [0.29, 0.717) is 0 Å². The van der Waals surface area contributed by atoms with Crippen LogP contribution in [0.1, 0.15) is 0 Å². The third-order valence-corrected chi connectivity index (χ3v) is 19.6. The molecule has 0 aliphatic carbocycles. The Labute approximate surface area is 407 Å². The van der Waals surface area contributed by atoms with Gasteiger partial charge in [0.1, 0.15) is 0 Å². The summed E-state index contributed by atoms with van der Waals surface area (Å²) in [6.45, 7) is 0. The second kappa shape index (κ2) is 16.1. The molecule has 0 saturated heterocycles. The summed E-state index contributed by atoms with van der Waals surface area (Å²) in [7, 11) is -2.87. The van der Waals surface area contributed by atoms with E-state index < -0.39 is 8.07 Å². The second-order valence-electron chi connectivity index (χ2n) is 18.4. The molecular formula is C66H45N3Si. The molecule has 0 aliphatic rings.